The van der Waals surface area contributed by atoms with Crippen molar-refractivity contribution < 1.29 is 4.39 Å². The highest BCUT2D eigenvalue weighted by molar-refractivity contribution is 5.22. The van der Waals surface area contributed by atoms with Gasteiger partial charge in [-0.3, -0.25) is 4.68 Å². The van der Waals surface area contributed by atoms with Gasteiger partial charge in [-0.05, 0) is 60.3 Å². The van der Waals surface area contributed by atoms with Gasteiger partial charge in [0.2, 0.25) is 0 Å². The van der Waals surface area contributed by atoms with Crippen molar-refractivity contribution in [2.45, 2.75) is 71.4 Å². The minimum absolute atomic E-state index is 0.164. The van der Waals surface area contributed by atoms with Gasteiger partial charge in [0, 0.05) is 13.2 Å². The van der Waals surface area contributed by atoms with Crippen LogP contribution in [-0.2, 0) is 7.05 Å². The lowest BCUT2D eigenvalue weighted by atomic mass is 9.73. The molecule has 2 aliphatic rings. The van der Waals surface area contributed by atoms with Crippen LogP contribution >= 0.6 is 0 Å². The van der Waals surface area contributed by atoms with Gasteiger partial charge in [-0.15, -0.1) is 0 Å². The van der Waals surface area contributed by atoms with Crippen molar-refractivity contribution in [2.75, 3.05) is 0 Å². The number of hydrogen-bond donors (Lipinski definition) is 0. The Bertz CT molecular complexity index is 525. The first-order valence-electron chi connectivity index (χ1n) is 8.32. The van der Waals surface area contributed by atoms with Crippen molar-refractivity contribution in [1.29, 1.82) is 0 Å². The molecule has 2 saturated carbocycles. The average Bonchev–Trinajstić information content (AvgIpc) is 3.29. The molecule has 1 heterocycles. The van der Waals surface area contributed by atoms with Crippen LogP contribution in [0.1, 0.15) is 71.3 Å². The summed E-state index contributed by atoms with van der Waals surface area (Å²) >= 11 is 0. The zero-order valence-electron chi connectivity index (χ0n) is 14.1. The number of nitrogens with zero attached hydrogens (tertiary/aromatic N) is 2. The van der Waals surface area contributed by atoms with E-state index >= 15 is 0 Å². The number of hydrogen-bond acceptors (Lipinski definition) is 1. The summed E-state index contributed by atoms with van der Waals surface area (Å²) in [6, 6.07) is 0. The molecule has 2 atom stereocenters. The lowest BCUT2D eigenvalue weighted by Gasteiger charge is -2.34. The van der Waals surface area contributed by atoms with Gasteiger partial charge >= 0.3 is 0 Å². The Balaban J connectivity index is 1.58. The van der Waals surface area contributed by atoms with E-state index in [2.05, 4.69) is 39.0 Å². The molecule has 0 aromatic carbocycles. The summed E-state index contributed by atoms with van der Waals surface area (Å²) in [6.07, 6.45) is 9.06. The third-order valence-corrected chi connectivity index (χ3v) is 6.24. The van der Waals surface area contributed by atoms with E-state index < -0.39 is 5.67 Å². The number of alkyl halides is 1. The van der Waals surface area contributed by atoms with Crippen molar-refractivity contribution in [3.05, 3.63) is 18.0 Å². The van der Waals surface area contributed by atoms with E-state index in [1.54, 1.807) is 0 Å². The molecule has 0 radical (unpaired) electrons. The second kappa shape index (κ2) is 4.57. The third-order valence-electron chi connectivity index (χ3n) is 6.24. The van der Waals surface area contributed by atoms with E-state index in [0.717, 1.165) is 31.6 Å². The summed E-state index contributed by atoms with van der Waals surface area (Å²) in [7, 11) is 1.98. The molecule has 1 aromatic rings. The predicted molar refractivity (Wildman–Crippen MR) is 83.9 cm³/mol. The molecule has 0 spiro atoms. The van der Waals surface area contributed by atoms with Crippen molar-refractivity contribution in [3.8, 4) is 0 Å². The summed E-state index contributed by atoms with van der Waals surface area (Å²) in [4.78, 5) is 0. The standard InChI is InChI=1S/C18H29FN2/c1-16(2,6-7-17(3,4)18(19)8-9-18)15-10-14(15)13-11-20-21(5)12-13/h11-12,14-15H,6-10H2,1-5H3. The lowest BCUT2D eigenvalue weighted by Crippen LogP contribution is -2.29. The summed E-state index contributed by atoms with van der Waals surface area (Å²) in [5.74, 6) is 1.39. The highest BCUT2D eigenvalue weighted by Crippen LogP contribution is 2.61. The molecule has 3 rings (SSSR count). The van der Waals surface area contributed by atoms with Crippen molar-refractivity contribution >= 4 is 0 Å². The average molecular weight is 292 g/mol. The van der Waals surface area contributed by atoms with Crippen molar-refractivity contribution in [3.63, 3.8) is 0 Å². The van der Waals surface area contributed by atoms with E-state index in [1.807, 2.05) is 17.9 Å². The van der Waals surface area contributed by atoms with Gasteiger partial charge < -0.3 is 0 Å². The van der Waals surface area contributed by atoms with E-state index in [9.17, 15) is 4.39 Å². The predicted octanol–water partition coefficient (Wildman–Crippen LogP) is 4.86. The Morgan fingerprint density at radius 1 is 1.29 bits per heavy atom. The maximum atomic E-state index is 14.4. The molecule has 0 bridgehead atoms. The minimum atomic E-state index is -0.880. The van der Waals surface area contributed by atoms with E-state index in [0.29, 0.717) is 11.3 Å². The van der Waals surface area contributed by atoms with Gasteiger partial charge in [-0.1, -0.05) is 27.7 Å². The third kappa shape index (κ3) is 2.76. The maximum absolute atomic E-state index is 14.4. The summed E-state index contributed by atoms with van der Waals surface area (Å²) in [5.41, 5.74) is 0.625. The highest BCUT2D eigenvalue weighted by Gasteiger charge is 2.56. The first kappa shape index (κ1) is 15.1. The van der Waals surface area contributed by atoms with Crippen LogP contribution in [0, 0.1) is 16.7 Å². The normalized spacial score (nSPS) is 27.7. The Morgan fingerprint density at radius 3 is 2.48 bits per heavy atom. The molecule has 2 unspecified atom stereocenters. The van der Waals surface area contributed by atoms with Crippen LogP contribution in [0.2, 0.25) is 0 Å². The number of aromatic nitrogens is 2. The smallest absolute Gasteiger partial charge is 0.116 e. The second-order valence-electron chi connectivity index (χ2n) is 8.73. The maximum Gasteiger partial charge on any atom is 0.116 e. The van der Waals surface area contributed by atoms with Crippen LogP contribution in [0.25, 0.3) is 0 Å². The van der Waals surface area contributed by atoms with Gasteiger partial charge in [0.05, 0.1) is 6.20 Å². The Kier molecular flexibility index (Phi) is 3.27. The molecule has 0 N–H and O–H groups in total. The summed E-state index contributed by atoms with van der Waals surface area (Å²) in [6.45, 7) is 8.95. The van der Waals surface area contributed by atoms with Crippen LogP contribution in [0.5, 0.6) is 0 Å². The largest absolute Gasteiger partial charge is 0.276 e. The zero-order valence-corrected chi connectivity index (χ0v) is 14.1. The first-order valence-corrected chi connectivity index (χ1v) is 8.32. The van der Waals surface area contributed by atoms with Crippen molar-refractivity contribution in [1.82, 2.24) is 9.78 Å². The topological polar surface area (TPSA) is 17.8 Å². The summed E-state index contributed by atoms with van der Waals surface area (Å²) < 4.78 is 16.3. The second-order valence-corrected chi connectivity index (χ2v) is 8.73. The van der Waals surface area contributed by atoms with Crippen LogP contribution in [-0.4, -0.2) is 15.4 Å². The molecule has 3 heteroatoms. The molecule has 2 fully saturated rings. The molecule has 21 heavy (non-hydrogen) atoms. The van der Waals surface area contributed by atoms with E-state index in [1.165, 1.54) is 12.0 Å². The van der Waals surface area contributed by atoms with Gasteiger partial charge in [0.1, 0.15) is 5.67 Å². The molecule has 0 saturated heterocycles. The molecule has 0 amide bonds. The van der Waals surface area contributed by atoms with Gasteiger partial charge in [0.25, 0.3) is 0 Å². The molecular formula is C18H29FN2. The number of aryl methyl sites for hydroxylation is 1. The fourth-order valence-corrected chi connectivity index (χ4v) is 3.89. The monoisotopic (exact) mass is 292 g/mol. The van der Waals surface area contributed by atoms with E-state index in [-0.39, 0.29) is 5.41 Å². The SMILES string of the molecule is Cn1cc(C2CC2C(C)(C)CCC(C)(C)C2(F)CC2)cn1. The van der Waals surface area contributed by atoms with Crippen LogP contribution in [0.4, 0.5) is 4.39 Å². The summed E-state index contributed by atoms with van der Waals surface area (Å²) in [5, 5.41) is 4.29. The fourth-order valence-electron chi connectivity index (χ4n) is 3.89. The molecule has 2 nitrogen and oxygen atoms in total. The van der Waals surface area contributed by atoms with Crippen LogP contribution in [0.3, 0.4) is 0 Å². The Morgan fingerprint density at radius 2 is 1.95 bits per heavy atom. The van der Waals surface area contributed by atoms with Crippen LogP contribution in [0.15, 0.2) is 12.4 Å². The first-order chi connectivity index (χ1) is 9.65. The number of rotatable bonds is 6. The van der Waals surface area contributed by atoms with Gasteiger partial charge in [-0.2, -0.15) is 5.10 Å². The molecule has 0 aliphatic heterocycles. The van der Waals surface area contributed by atoms with Crippen molar-refractivity contribution in [2.24, 2.45) is 23.8 Å². The Labute approximate surface area is 128 Å². The molecular weight excluding hydrogens is 263 g/mol. The quantitative estimate of drug-likeness (QED) is 0.732. The number of halogens is 1. The van der Waals surface area contributed by atoms with Crippen LogP contribution < -0.4 is 0 Å². The zero-order chi connectivity index (χ0) is 15.5. The Hall–Kier alpha value is -0.860. The fraction of sp³-hybridized carbons (Fsp3) is 0.833. The van der Waals surface area contributed by atoms with Gasteiger partial charge in [-0.25, -0.2) is 4.39 Å². The van der Waals surface area contributed by atoms with E-state index in [4.69, 9.17) is 0 Å². The molecule has 1 aromatic heterocycles. The minimum Gasteiger partial charge on any atom is -0.276 e. The molecule has 2 aliphatic carbocycles. The highest BCUT2D eigenvalue weighted by atomic mass is 19.1. The lowest BCUT2D eigenvalue weighted by molar-refractivity contribution is 0.0871. The van der Waals surface area contributed by atoms with Gasteiger partial charge in [0.15, 0.2) is 0 Å². The molecule has 118 valence electrons.